The molecule has 0 saturated heterocycles. The SMILES string of the molecule is O=C(O)C=Cc1ccsc1COc1c(Cl)cccc1Cl. The Morgan fingerprint density at radius 1 is 1.30 bits per heavy atom. The number of halogens is 2. The summed E-state index contributed by atoms with van der Waals surface area (Å²) in [6, 6.07) is 6.96. The molecule has 20 heavy (non-hydrogen) atoms. The third-order valence-corrected chi connectivity index (χ3v) is 3.96. The van der Waals surface area contributed by atoms with Gasteiger partial charge in [0.2, 0.25) is 0 Å². The van der Waals surface area contributed by atoms with Crippen LogP contribution in [0.1, 0.15) is 10.4 Å². The fraction of sp³-hybridized carbons (Fsp3) is 0.0714. The smallest absolute Gasteiger partial charge is 0.328 e. The van der Waals surface area contributed by atoms with Crippen molar-refractivity contribution in [3.05, 3.63) is 56.2 Å². The second-order valence-electron chi connectivity index (χ2n) is 3.81. The average molecular weight is 329 g/mol. The van der Waals surface area contributed by atoms with E-state index in [1.54, 1.807) is 18.2 Å². The van der Waals surface area contributed by atoms with Gasteiger partial charge in [-0.25, -0.2) is 4.79 Å². The Labute approximate surface area is 130 Å². The lowest BCUT2D eigenvalue weighted by molar-refractivity contribution is -0.131. The van der Waals surface area contributed by atoms with E-state index in [1.807, 2.05) is 11.4 Å². The molecule has 2 aromatic rings. The normalized spacial score (nSPS) is 10.9. The molecule has 3 nitrogen and oxygen atoms in total. The first-order valence-corrected chi connectivity index (χ1v) is 7.25. The second-order valence-corrected chi connectivity index (χ2v) is 5.63. The van der Waals surface area contributed by atoms with Crippen molar-refractivity contribution in [1.29, 1.82) is 0 Å². The second kappa shape index (κ2) is 6.79. The van der Waals surface area contributed by atoms with Crippen LogP contribution in [0.2, 0.25) is 10.0 Å². The number of carbonyl (C=O) groups is 1. The molecule has 0 unspecified atom stereocenters. The van der Waals surface area contributed by atoms with Gasteiger partial charge in [-0.1, -0.05) is 29.3 Å². The van der Waals surface area contributed by atoms with E-state index in [-0.39, 0.29) is 6.61 Å². The Kier molecular flexibility index (Phi) is 5.06. The van der Waals surface area contributed by atoms with Gasteiger partial charge in [0.05, 0.1) is 10.0 Å². The summed E-state index contributed by atoms with van der Waals surface area (Å²) in [7, 11) is 0. The van der Waals surface area contributed by atoms with Crippen LogP contribution in [0.4, 0.5) is 0 Å². The van der Waals surface area contributed by atoms with Gasteiger partial charge in [0.1, 0.15) is 6.61 Å². The number of aliphatic carboxylic acids is 1. The van der Waals surface area contributed by atoms with Crippen LogP contribution in [0, 0.1) is 0 Å². The van der Waals surface area contributed by atoms with E-state index in [4.69, 9.17) is 33.0 Å². The van der Waals surface area contributed by atoms with Crippen molar-refractivity contribution in [3.63, 3.8) is 0 Å². The van der Waals surface area contributed by atoms with Crippen LogP contribution in [0.3, 0.4) is 0 Å². The highest BCUT2D eigenvalue weighted by Gasteiger charge is 2.09. The fourth-order valence-corrected chi connectivity index (χ4v) is 2.82. The number of benzene rings is 1. The van der Waals surface area contributed by atoms with Gasteiger partial charge in [-0.15, -0.1) is 11.3 Å². The summed E-state index contributed by atoms with van der Waals surface area (Å²) in [5, 5.41) is 11.4. The Balaban J connectivity index is 2.12. The van der Waals surface area contributed by atoms with Gasteiger partial charge in [0, 0.05) is 11.0 Å². The molecule has 0 aliphatic rings. The molecule has 0 atom stereocenters. The van der Waals surface area contributed by atoms with Gasteiger partial charge >= 0.3 is 5.97 Å². The van der Waals surface area contributed by atoms with E-state index in [2.05, 4.69) is 0 Å². The van der Waals surface area contributed by atoms with E-state index in [0.717, 1.165) is 16.5 Å². The minimum absolute atomic E-state index is 0.278. The molecular weight excluding hydrogens is 319 g/mol. The molecule has 0 spiro atoms. The van der Waals surface area contributed by atoms with Gasteiger partial charge in [-0.05, 0) is 35.2 Å². The fourth-order valence-electron chi connectivity index (χ4n) is 1.54. The summed E-state index contributed by atoms with van der Waals surface area (Å²) in [4.78, 5) is 11.4. The van der Waals surface area contributed by atoms with Crippen LogP contribution in [0.5, 0.6) is 5.75 Å². The number of hydrogen-bond acceptors (Lipinski definition) is 3. The number of hydrogen-bond donors (Lipinski definition) is 1. The quantitative estimate of drug-likeness (QED) is 0.807. The molecule has 6 heteroatoms. The van der Waals surface area contributed by atoms with E-state index < -0.39 is 5.97 Å². The number of carboxylic acid groups (broad SMARTS) is 1. The van der Waals surface area contributed by atoms with Crippen LogP contribution < -0.4 is 4.74 Å². The van der Waals surface area contributed by atoms with Gasteiger partial charge in [0.15, 0.2) is 5.75 Å². The highest BCUT2D eigenvalue weighted by Crippen LogP contribution is 2.33. The monoisotopic (exact) mass is 328 g/mol. The Bertz CT molecular complexity index is 629. The van der Waals surface area contributed by atoms with Crippen molar-refractivity contribution in [2.24, 2.45) is 0 Å². The molecule has 1 N–H and O–H groups in total. The van der Waals surface area contributed by atoms with E-state index in [1.165, 1.54) is 17.4 Å². The molecule has 1 aromatic carbocycles. The van der Waals surface area contributed by atoms with E-state index in [9.17, 15) is 4.79 Å². The van der Waals surface area contributed by atoms with Crippen molar-refractivity contribution in [2.45, 2.75) is 6.61 Å². The van der Waals surface area contributed by atoms with E-state index in [0.29, 0.717) is 15.8 Å². The average Bonchev–Trinajstić information content (AvgIpc) is 2.83. The Morgan fingerprint density at radius 3 is 2.65 bits per heavy atom. The molecule has 1 aromatic heterocycles. The lowest BCUT2D eigenvalue weighted by Crippen LogP contribution is -1.96. The van der Waals surface area contributed by atoms with Gasteiger partial charge in [0.25, 0.3) is 0 Å². The summed E-state index contributed by atoms with van der Waals surface area (Å²) in [5.41, 5.74) is 0.806. The maximum absolute atomic E-state index is 10.5. The van der Waals surface area contributed by atoms with Gasteiger partial charge in [-0.3, -0.25) is 0 Å². The van der Waals surface area contributed by atoms with Crippen LogP contribution in [0.15, 0.2) is 35.7 Å². The predicted molar refractivity (Wildman–Crippen MR) is 81.8 cm³/mol. The zero-order valence-electron chi connectivity index (χ0n) is 10.2. The first-order valence-electron chi connectivity index (χ1n) is 5.62. The Hall–Kier alpha value is -1.49. The summed E-state index contributed by atoms with van der Waals surface area (Å²) in [6.45, 7) is 0.278. The molecule has 0 radical (unpaired) electrons. The highest BCUT2D eigenvalue weighted by molar-refractivity contribution is 7.10. The third kappa shape index (κ3) is 3.76. The minimum atomic E-state index is -0.989. The van der Waals surface area contributed by atoms with Gasteiger partial charge < -0.3 is 9.84 Å². The summed E-state index contributed by atoms with van der Waals surface area (Å²) in [6.07, 6.45) is 2.62. The van der Waals surface area contributed by atoms with Crippen LogP contribution in [-0.2, 0) is 11.4 Å². The zero-order valence-corrected chi connectivity index (χ0v) is 12.5. The first-order chi connectivity index (χ1) is 9.58. The standard InChI is InChI=1S/C14H10Cl2O3S/c15-10-2-1-3-11(16)14(10)19-8-12-9(6-7-20-12)4-5-13(17)18/h1-7H,8H2,(H,17,18). The van der Waals surface area contributed by atoms with Crippen LogP contribution >= 0.6 is 34.5 Å². The highest BCUT2D eigenvalue weighted by atomic mass is 35.5. The molecule has 0 fully saturated rings. The molecule has 0 bridgehead atoms. The van der Waals surface area contributed by atoms with Crippen molar-refractivity contribution in [2.75, 3.05) is 0 Å². The molecule has 0 amide bonds. The van der Waals surface area contributed by atoms with Crippen molar-refractivity contribution < 1.29 is 14.6 Å². The molecule has 0 saturated carbocycles. The third-order valence-electron chi connectivity index (χ3n) is 2.45. The molecule has 1 heterocycles. The van der Waals surface area contributed by atoms with Crippen molar-refractivity contribution in [3.8, 4) is 5.75 Å². The molecular formula is C14H10Cl2O3S. The number of carboxylic acids is 1. The Morgan fingerprint density at radius 2 is 2.00 bits per heavy atom. The topological polar surface area (TPSA) is 46.5 Å². The largest absolute Gasteiger partial charge is 0.485 e. The van der Waals surface area contributed by atoms with Crippen molar-refractivity contribution >= 4 is 46.6 Å². The number of para-hydroxylation sites is 1. The molecule has 0 aliphatic carbocycles. The molecule has 2 rings (SSSR count). The zero-order chi connectivity index (χ0) is 14.5. The number of ether oxygens (including phenoxy) is 1. The molecule has 0 aliphatic heterocycles. The summed E-state index contributed by atoms with van der Waals surface area (Å²) >= 11 is 13.5. The van der Waals surface area contributed by atoms with Crippen LogP contribution in [0.25, 0.3) is 6.08 Å². The number of rotatable bonds is 5. The lowest BCUT2D eigenvalue weighted by Gasteiger charge is -2.09. The lowest BCUT2D eigenvalue weighted by atomic mass is 10.2. The maximum atomic E-state index is 10.5. The van der Waals surface area contributed by atoms with E-state index >= 15 is 0 Å². The van der Waals surface area contributed by atoms with Crippen LogP contribution in [-0.4, -0.2) is 11.1 Å². The summed E-state index contributed by atoms with van der Waals surface area (Å²) in [5.74, 6) is -0.561. The predicted octanol–water partition coefficient (Wildman–Crippen LogP) is 4.73. The van der Waals surface area contributed by atoms with Gasteiger partial charge in [-0.2, -0.15) is 0 Å². The minimum Gasteiger partial charge on any atom is -0.485 e. The molecule has 104 valence electrons. The summed E-state index contributed by atoms with van der Waals surface area (Å²) < 4.78 is 5.62. The maximum Gasteiger partial charge on any atom is 0.328 e. The van der Waals surface area contributed by atoms with Crippen molar-refractivity contribution in [1.82, 2.24) is 0 Å². The first kappa shape index (κ1) is 14.9. The number of thiophene rings is 1.